The van der Waals surface area contributed by atoms with Crippen LogP contribution in [0.3, 0.4) is 0 Å². The van der Waals surface area contributed by atoms with Gasteiger partial charge in [-0.15, -0.1) is 10.2 Å². The van der Waals surface area contributed by atoms with Crippen molar-refractivity contribution < 1.29 is 0 Å². The normalized spacial score (nSPS) is 16.0. The number of aromatic nitrogens is 7. The van der Waals surface area contributed by atoms with Crippen molar-refractivity contribution in [2.24, 2.45) is 0 Å². The van der Waals surface area contributed by atoms with Crippen LogP contribution in [0.25, 0.3) is 16.9 Å². The van der Waals surface area contributed by atoms with Crippen LogP contribution in [0, 0.1) is 0 Å². The molecule has 0 spiro atoms. The van der Waals surface area contributed by atoms with E-state index in [-0.39, 0.29) is 0 Å². The maximum absolute atomic E-state index is 4.80. The second kappa shape index (κ2) is 7.47. The Kier molecular flexibility index (Phi) is 4.54. The molecule has 1 aliphatic rings. The summed E-state index contributed by atoms with van der Waals surface area (Å²) < 4.78 is 4.04. The summed E-state index contributed by atoms with van der Waals surface area (Å²) >= 11 is 0. The second-order valence-electron chi connectivity index (χ2n) is 7.20. The van der Waals surface area contributed by atoms with Gasteiger partial charge >= 0.3 is 0 Å². The van der Waals surface area contributed by atoms with E-state index in [1.54, 1.807) is 6.20 Å². The highest BCUT2D eigenvalue weighted by atomic mass is 15.4. The number of fused-ring (bicyclic) bond motifs is 1. The third-order valence-electron chi connectivity index (χ3n) is 5.43. The first-order valence-corrected chi connectivity index (χ1v) is 9.68. The van der Waals surface area contributed by atoms with Crippen LogP contribution in [0.15, 0.2) is 55.4 Å². The number of hydrogen-bond acceptors (Lipinski definition) is 6. The van der Waals surface area contributed by atoms with Crippen molar-refractivity contribution in [3.8, 4) is 11.3 Å². The Morgan fingerprint density at radius 1 is 0.964 bits per heavy atom. The van der Waals surface area contributed by atoms with Gasteiger partial charge in [0.25, 0.3) is 0 Å². The fraction of sp³-hybridized carbons (Fsp3) is 0.350. The minimum atomic E-state index is 0.385. The van der Waals surface area contributed by atoms with Gasteiger partial charge in [-0.25, -0.2) is 4.98 Å². The van der Waals surface area contributed by atoms with Crippen LogP contribution in [0.4, 0.5) is 0 Å². The lowest BCUT2D eigenvalue weighted by molar-refractivity contribution is 0.201. The number of nitrogens with zero attached hydrogens (tertiary/aromatic N) is 8. The maximum Gasteiger partial charge on any atom is 0.177 e. The first kappa shape index (κ1) is 17.0. The summed E-state index contributed by atoms with van der Waals surface area (Å²) in [6.07, 6.45) is 11.5. The minimum absolute atomic E-state index is 0.385. The van der Waals surface area contributed by atoms with E-state index in [1.807, 2.05) is 53.7 Å². The number of piperidine rings is 1. The van der Waals surface area contributed by atoms with E-state index in [0.29, 0.717) is 5.92 Å². The Balaban J connectivity index is 1.30. The monoisotopic (exact) mass is 374 g/mol. The van der Waals surface area contributed by atoms with Crippen LogP contribution >= 0.6 is 0 Å². The SMILES string of the molecule is c1cncc(-c2ccc3nnc(C4CCN(CCn5ccnc5)CC4)n3n2)c1. The molecule has 1 saturated heterocycles. The quantitative estimate of drug-likeness (QED) is 0.533. The molecule has 1 fully saturated rings. The lowest BCUT2D eigenvalue weighted by Crippen LogP contribution is -2.35. The van der Waals surface area contributed by atoms with Gasteiger partial charge in [0.2, 0.25) is 0 Å². The lowest BCUT2D eigenvalue weighted by Gasteiger charge is -2.31. The van der Waals surface area contributed by atoms with E-state index < -0.39 is 0 Å². The standard InChI is InChI=1S/C20H22N8/c1-2-17(14-21-7-1)18-3-4-19-23-24-20(28(19)25-18)16-5-9-26(10-6-16)12-13-27-11-8-22-15-27/h1-4,7-8,11,14-16H,5-6,9-10,12-13H2. The number of imidazole rings is 1. The molecule has 0 bridgehead atoms. The largest absolute Gasteiger partial charge is 0.336 e. The average molecular weight is 374 g/mol. The maximum atomic E-state index is 4.80. The number of rotatable bonds is 5. The molecule has 0 unspecified atom stereocenters. The first-order valence-electron chi connectivity index (χ1n) is 9.68. The molecule has 8 nitrogen and oxygen atoms in total. The Bertz CT molecular complexity index is 1030. The highest BCUT2D eigenvalue weighted by Crippen LogP contribution is 2.27. The predicted octanol–water partition coefficient (Wildman–Crippen LogP) is 2.26. The summed E-state index contributed by atoms with van der Waals surface area (Å²) in [4.78, 5) is 10.8. The van der Waals surface area contributed by atoms with Gasteiger partial charge < -0.3 is 9.47 Å². The fourth-order valence-corrected chi connectivity index (χ4v) is 3.82. The molecule has 142 valence electrons. The van der Waals surface area contributed by atoms with Crippen LogP contribution < -0.4 is 0 Å². The molecule has 4 aromatic heterocycles. The first-order chi connectivity index (χ1) is 13.9. The van der Waals surface area contributed by atoms with Gasteiger partial charge in [-0.05, 0) is 50.2 Å². The summed E-state index contributed by atoms with van der Waals surface area (Å²) in [6.45, 7) is 4.16. The van der Waals surface area contributed by atoms with Crippen molar-refractivity contribution in [1.29, 1.82) is 0 Å². The van der Waals surface area contributed by atoms with Crippen LogP contribution in [0.2, 0.25) is 0 Å². The van der Waals surface area contributed by atoms with Gasteiger partial charge in [-0.2, -0.15) is 9.61 Å². The Morgan fingerprint density at radius 3 is 2.68 bits per heavy atom. The Morgan fingerprint density at radius 2 is 1.89 bits per heavy atom. The molecule has 8 heteroatoms. The molecule has 0 aliphatic carbocycles. The topological polar surface area (TPSA) is 77.0 Å². The summed E-state index contributed by atoms with van der Waals surface area (Å²) in [5.74, 6) is 1.35. The molecule has 0 amide bonds. The van der Waals surface area contributed by atoms with Crippen LogP contribution in [-0.4, -0.2) is 58.9 Å². The number of pyridine rings is 1. The molecule has 5 heterocycles. The molecular weight excluding hydrogens is 352 g/mol. The molecule has 1 aliphatic heterocycles. The smallest absolute Gasteiger partial charge is 0.177 e. The van der Waals surface area contributed by atoms with E-state index >= 15 is 0 Å². The zero-order valence-electron chi connectivity index (χ0n) is 15.6. The fourth-order valence-electron chi connectivity index (χ4n) is 3.82. The van der Waals surface area contributed by atoms with E-state index in [9.17, 15) is 0 Å². The molecule has 28 heavy (non-hydrogen) atoms. The zero-order valence-corrected chi connectivity index (χ0v) is 15.6. The minimum Gasteiger partial charge on any atom is -0.336 e. The van der Waals surface area contributed by atoms with E-state index in [0.717, 1.165) is 61.7 Å². The summed E-state index contributed by atoms with van der Waals surface area (Å²) in [5.41, 5.74) is 2.68. The van der Waals surface area contributed by atoms with Gasteiger partial charge in [-0.3, -0.25) is 4.98 Å². The van der Waals surface area contributed by atoms with Crippen molar-refractivity contribution in [2.75, 3.05) is 19.6 Å². The van der Waals surface area contributed by atoms with Gasteiger partial charge in [0.05, 0.1) is 12.0 Å². The summed E-state index contributed by atoms with van der Waals surface area (Å²) in [6, 6.07) is 7.90. The predicted molar refractivity (Wildman–Crippen MR) is 105 cm³/mol. The van der Waals surface area contributed by atoms with Crippen LogP contribution in [0.1, 0.15) is 24.6 Å². The van der Waals surface area contributed by atoms with Crippen molar-refractivity contribution in [3.05, 3.63) is 61.2 Å². The zero-order chi connectivity index (χ0) is 18.8. The van der Waals surface area contributed by atoms with Gasteiger partial charge in [-0.1, -0.05) is 0 Å². The lowest BCUT2D eigenvalue weighted by atomic mass is 9.96. The van der Waals surface area contributed by atoms with Crippen LogP contribution in [0.5, 0.6) is 0 Å². The second-order valence-corrected chi connectivity index (χ2v) is 7.20. The third-order valence-corrected chi connectivity index (χ3v) is 5.43. The molecular formula is C20H22N8. The average Bonchev–Trinajstić information content (AvgIpc) is 3.43. The highest BCUT2D eigenvalue weighted by Gasteiger charge is 2.25. The molecule has 0 N–H and O–H groups in total. The molecule has 5 rings (SSSR count). The number of likely N-dealkylation sites (tertiary alicyclic amines) is 1. The molecule has 0 aromatic carbocycles. The number of hydrogen-bond donors (Lipinski definition) is 0. The Hall–Kier alpha value is -3.13. The molecule has 0 saturated carbocycles. The van der Waals surface area contributed by atoms with Crippen molar-refractivity contribution >= 4 is 5.65 Å². The van der Waals surface area contributed by atoms with Crippen molar-refractivity contribution in [1.82, 2.24) is 39.2 Å². The summed E-state index contributed by atoms with van der Waals surface area (Å²) in [7, 11) is 0. The van der Waals surface area contributed by atoms with Gasteiger partial charge in [0.1, 0.15) is 0 Å². The van der Waals surface area contributed by atoms with Gasteiger partial charge in [0.15, 0.2) is 11.5 Å². The van der Waals surface area contributed by atoms with E-state index in [2.05, 4.69) is 29.6 Å². The summed E-state index contributed by atoms with van der Waals surface area (Å²) in [5, 5.41) is 13.6. The molecule has 4 aromatic rings. The van der Waals surface area contributed by atoms with E-state index in [4.69, 9.17) is 5.10 Å². The van der Waals surface area contributed by atoms with Crippen molar-refractivity contribution in [2.45, 2.75) is 25.3 Å². The third kappa shape index (κ3) is 3.38. The molecule has 0 radical (unpaired) electrons. The highest BCUT2D eigenvalue weighted by molar-refractivity contribution is 5.58. The van der Waals surface area contributed by atoms with E-state index in [1.165, 1.54) is 0 Å². The van der Waals surface area contributed by atoms with Crippen LogP contribution in [-0.2, 0) is 6.54 Å². The van der Waals surface area contributed by atoms with Gasteiger partial charge in [0, 0.05) is 49.4 Å². The Labute approximate surface area is 162 Å². The van der Waals surface area contributed by atoms with Crippen molar-refractivity contribution in [3.63, 3.8) is 0 Å². The molecule has 0 atom stereocenters.